The number of amides is 2. The van der Waals surface area contributed by atoms with Crippen molar-refractivity contribution in [3.05, 3.63) is 62.3 Å². The number of rotatable bonds is 6. The SMILES string of the molecule is Cc1csc(CNC(=O)OC2CCc3c(sc(NC(=O)C=Cc4ccoc4)c3C#N)C2)n1. The van der Waals surface area contributed by atoms with Crippen LogP contribution in [0.2, 0.25) is 0 Å². The lowest BCUT2D eigenvalue weighted by Crippen LogP contribution is -2.31. The van der Waals surface area contributed by atoms with Gasteiger partial charge in [-0.3, -0.25) is 4.79 Å². The molecule has 0 bridgehead atoms. The summed E-state index contributed by atoms with van der Waals surface area (Å²) in [5.74, 6) is -0.328. The number of hydrogen-bond acceptors (Lipinski definition) is 8. The molecular formula is C22H20N4O4S2. The highest BCUT2D eigenvalue weighted by molar-refractivity contribution is 7.16. The van der Waals surface area contributed by atoms with Crippen molar-refractivity contribution in [3.8, 4) is 6.07 Å². The molecule has 3 aromatic rings. The molecule has 1 unspecified atom stereocenters. The molecule has 1 aliphatic rings. The fraction of sp³-hybridized carbons (Fsp3) is 0.273. The Kier molecular flexibility index (Phi) is 6.68. The summed E-state index contributed by atoms with van der Waals surface area (Å²) in [5.41, 5.74) is 3.10. The minimum Gasteiger partial charge on any atom is -0.472 e. The van der Waals surface area contributed by atoms with E-state index in [2.05, 4.69) is 21.7 Å². The number of alkyl carbamates (subject to hydrolysis) is 1. The molecule has 0 aliphatic heterocycles. The van der Waals surface area contributed by atoms with Crippen LogP contribution in [0, 0.1) is 18.3 Å². The molecule has 32 heavy (non-hydrogen) atoms. The Morgan fingerprint density at radius 1 is 1.47 bits per heavy atom. The van der Waals surface area contributed by atoms with E-state index in [1.807, 2.05) is 12.3 Å². The van der Waals surface area contributed by atoms with Gasteiger partial charge in [-0.25, -0.2) is 9.78 Å². The number of thiophene rings is 1. The number of nitriles is 1. The molecule has 2 amide bonds. The third-order valence-corrected chi connectivity index (χ3v) is 7.00. The minimum atomic E-state index is -0.485. The molecule has 0 saturated carbocycles. The lowest BCUT2D eigenvalue weighted by Gasteiger charge is -2.22. The number of anilines is 1. The fourth-order valence-electron chi connectivity index (χ4n) is 3.38. The Balaban J connectivity index is 1.35. The number of aromatic nitrogens is 1. The zero-order valence-corrected chi connectivity index (χ0v) is 18.8. The van der Waals surface area contributed by atoms with Crippen LogP contribution in [0.4, 0.5) is 9.80 Å². The maximum absolute atomic E-state index is 12.3. The zero-order valence-electron chi connectivity index (χ0n) is 17.2. The minimum absolute atomic E-state index is 0.282. The van der Waals surface area contributed by atoms with Crippen LogP contribution in [0.1, 0.15) is 38.7 Å². The van der Waals surface area contributed by atoms with Gasteiger partial charge < -0.3 is 19.8 Å². The Bertz CT molecular complexity index is 1190. The van der Waals surface area contributed by atoms with E-state index in [1.54, 1.807) is 12.1 Å². The molecule has 4 rings (SSSR count). The highest BCUT2D eigenvalue weighted by Gasteiger charge is 2.28. The highest BCUT2D eigenvalue weighted by Crippen LogP contribution is 2.38. The molecule has 1 atom stereocenters. The number of aryl methyl sites for hydroxylation is 1. The van der Waals surface area contributed by atoms with Crippen LogP contribution < -0.4 is 10.6 Å². The van der Waals surface area contributed by atoms with Gasteiger partial charge in [-0.1, -0.05) is 0 Å². The number of hydrogen-bond donors (Lipinski definition) is 2. The number of carbonyl (C=O) groups excluding carboxylic acids is 2. The molecule has 0 radical (unpaired) electrons. The number of furan rings is 1. The van der Waals surface area contributed by atoms with E-state index < -0.39 is 6.09 Å². The van der Waals surface area contributed by atoms with Crippen molar-refractivity contribution in [2.75, 3.05) is 5.32 Å². The van der Waals surface area contributed by atoms with Gasteiger partial charge in [0.25, 0.3) is 0 Å². The second-order valence-electron chi connectivity index (χ2n) is 7.21. The van der Waals surface area contributed by atoms with Gasteiger partial charge in [0.05, 0.1) is 24.6 Å². The summed E-state index contributed by atoms with van der Waals surface area (Å²) in [5, 5.41) is 18.4. The van der Waals surface area contributed by atoms with Crippen LogP contribution >= 0.6 is 22.7 Å². The summed E-state index contributed by atoms with van der Waals surface area (Å²) >= 11 is 2.84. The largest absolute Gasteiger partial charge is 0.472 e. The molecule has 0 spiro atoms. The summed E-state index contributed by atoms with van der Waals surface area (Å²) < 4.78 is 10.5. The van der Waals surface area contributed by atoms with Gasteiger partial charge in [-0.2, -0.15) is 5.26 Å². The molecule has 10 heteroatoms. The normalized spacial score (nSPS) is 15.2. The first-order valence-corrected chi connectivity index (χ1v) is 11.6. The van der Waals surface area contributed by atoms with Crippen LogP contribution in [0.3, 0.4) is 0 Å². The quantitative estimate of drug-likeness (QED) is 0.518. The Morgan fingerprint density at radius 2 is 2.34 bits per heavy atom. The number of carbonyl (C=O) groups is 2. The van der Waals surface area contributed by atoms with Crippen LogP contribution in [-0.4, -0.2) is 23.1 Å². The zero-order chi connectivity index (χ0) is 22.5. The van der Waals surface area contributed by atoms with Crippen LogP contribution in [0.15, 0.2) is 34.5 Å². The Morgan fingerprint density at radius 3 is 3.06 bits per heavy atom. The van der Waals surface area contributed by atoms with Gasteiger partial charge in [-0.15, -0.1) is 22.7 Å². The third kappa shape index (κ3) is 5.25. The van der Waals surface area contributed by atoms with Gasteiger partial charge in [0, 0.05) is 34.0 Å². The predicted octanol–water partition coefficient (Wildman–Crippen LogP) is 4.41. The second-order valence-corrected chi connectivity index (χ2v) is 9.25. The molecule has 0 fully saturated rings. The van der Waals surface area contributed by atoms with E-state index in [4.69, 9.17) is 9.15 Å². The van der Waals surface area contributed by atoms with Gasteiger partial charge in [-0.05, 0) is 37.5 Å². The highest BCUT2D eigenvalue weighted by atomic mass is 32.1. The third-order valence-electron chi connectivity index (χ3n) is 4.86. The Labute approximate surface area is 192 Å². The summed E-state index contributed by atoms with van der Waals surface area (Å²) in [6.07, 6.45) is 7.06. The fourth-order valence-corrected chi connectivity index (χ4v) is 5.36. The van der Waals surface area contributed by atoms with E-state index in [0.717, 1.165) is 26.7 Å². The molecule has 0 aromatic carbocycles. The van der Waals surface area contributed by atoms with E-state index in [1.165, 1.54) is 41.3 Å². The molecule has 3 aromatic heterocycles. The molecule has 3 heterocycles. The topological polar surface area (TPSA) is 117 Å². The number of fused-ring (bicyclic) bond motifs is 1. The molecule has 164 valence electrons. The standard InChI is InChI=1S/C22H20N4O4S2/c1-13-12-31-20(25-13)10-24-22(28)30-15-3-4-16-17(9-23)21(32-18(16)8-15)26-19(27)5-2-14-6-7-29-11-14/h2,5-7,11-12,15H,3-4,8,10H2,1H3,(H,24,28)(H,26,27). The molecule has 2 N–H and O–H groups in total. The molecule has 0 saturated heterocycles. The first kappa shape index (κ1) is 21.8. The maximum atomic E-state index is 12.3. The monoisotopic (exact) mass is 468 g/mol. The van der Waals surface area contributed by atoms with Crippen molar-refractivity contribution in [1.82, 2.24) is 10.3 Å². The first-order valence-electron chi connectivity index (χ1n) is 9.93. The predicted molar refractivity (Wildman–Crippen MR) is 121 cm³/mol. The summed E-state index contributed by atoms with van der Waals surface area (Å²) in [7, 11) is 0. The van der Waals surface area contributed by atoms with Crippen molar-refractivity contribution >= 4 is 45.8 Å². The smallest absolute Gasteiger partial charge is 0.407 e. The maximum Gasteiger partial charge on any atom is 0.407 e. The van der Waals surface area contributed by atoms with Gasteiger partial charge in [0.15, 0.2) is 0 Å². The summed E-state index contributed by atoms with van der Waals surface area (Å²) in [4.78, 5) is 29.7. The van der Waals surface area contributed by atoms with Crippen LogP contribution in [0.25, 0.3) is 6.08 Å². The van der Waals surface area contributed by atoms with Gasteiger partial charge >= 0.3 is 6.09 Å². The number of ether oxygens (including phenoxy) is 1. The van der Waals surface area contributed by atoms with Gasteiger partial charge in [0.1, 0.15) is 22.2 Å². The number of nitrogens with one attached hydrogen (secondary N) is 2. The van der Waals surface area contributed by atoms with E-state index in [0.29, 0.717) is 36.4 Å². The number of nitrogens with zero attached hydrogens (tertiary/aromatic N) is 2. The average molecular weight is 469 g/mol. The first-order chi connectivity index (χ1) is 15.5. The van der Waals surface area contributed by atoms with Crippen molar-refractivity contribution in [2.24, 2.45) is 0 Å². The van der Waals surface area contributed by atoms with Crippen LogP contribution in [0.5, 0.6) is 0 Å². The Hall–Kier alpha value is -3.42. The van der Waals surface area contributed by atoms with E-state index in [-0.39, 0.29) is 12.0 Å². The summed E-state index contributed by atoms with van der Waals surface area (Å²) in [6.45, 7) is 2.23. The summed E-state index contributed by atoms with van der Waals surface area (Å²) in [6, 6.07) is 3.94. The lowest BCUT2D eigenvalue weighted by molar-refractivity contribution is -0.111. The van der Waals surface area contributed by atoms with Gasteiger partial charge in [0.2, 0.25) is 5.91 Å². The molecule has 1 aliphatic carbocycles. The van der Waals surface area contributed by atoms with Crippen molar-refractivity contribution in [2.45, 2.75) is 38.8 Å². The average Bonchev–Trinajstić information content (AvgIpc) is 3.50. The van der Waals surface area contributed by atoms with Crippen molar-refractivity contribution in [1.29, 1.82) is 5.26 Å². The molecular weight excluding hydrogens is 448 g/mol. The van der Waals surface area contributed by atoms with E-state index in [9.17, 15) is 14.9 Å². The second kappa shape index (κ2) is 9.80. The van der Waals surface area contributed by atoms with Crippen LogP contribution in [-0.2, 0) is 28.9 Å². The molecule has 8 nitrogen and oxygen atoms in total. The van der Waals surface area contributed by atoms with E-state index >= 15 is 0 Å². The van der Waals surface area contributed by atoms with Crippen molar-refractivity contribution in [3.63, 3.8) is 0 Å². The number of thiazole rings is 1. The lowest BCUT2D eigenvalue weighted by atomic mass is 9.94. The van der Waals surface area contributed by atoms with Crippen molar-refractivity contribution < 1.29 is 18.7 Å².